The van der Waals surface area contributed by atoms with E-state index in [9.17, 15) is 4.79 Å². The number of hydrogen-bond donors (Lipinski definition) is 0. The van der Waals surface area contributed by atoms with Crippen LogP contribution >= 0.6 is 0 Å². The molecule has 3 aliphatic heterocycles. The zero-order valence-corrected chi connectivity index (χ0v) is 27.1. The van der Waals surface area contributed by atoms with Gasteiger partial charge in [-0.3, -0.25) is 9.69 Å². The van der Waals surface area contributed by atoms with Crippen molar-refractivity contribution in [3.8, 4) is 22.8 Å². The van der Waals surface area contributed by atoms with E-state index in [1.54, 1.807) is 0 Å². The van der Waals surface area contributed by atoms with E-state index in [2.05, 4.69) is 60.1 Å². The minimum absolute atomic E-state index is 0.194. The lowest BCUT2D eigenvalue weighted by molar-refractivity contribution is -0.128. The second-order valence-corrected chi connectivity index (χ2v) is 13.4. The van der Waals surface area contributed by atoms with Gasteiger partial charge in [0.05, 0.1) is 22.6 Å². The first-order valence-corrected chi connectivity index (χ1v) is 16.7. The summed E-state index contributed by atoms with van der Waals surface area (Å²) in [6.45, 7) is 11.4. The van der Waals surface area contributed by atoms with Crippen molar-refractivity contribution < 1.29 is 14.3 Å². The van der Waals surface area contributed by atoms with E-state index in [0.717, 1.165) is 103 Å². The van der Waals surface area contributed by atoms with Crippen molar-refractivity contribution in [2.24, 2.45) is 5.92 Å². The standard InChI is InChI=1S/C38H43N5O3/c1-25(2)33-10-11-35(41-40-33)27-4-7-32(8-5-27)46-37-22-36-29(21-30(37)24-43-23-26(3)20-38(43)44)6-9-34(39-36)28-12-16-42(17-13-28)31-14-18-45-19-15-31/h4-12,21-22,25-26,31H,13-20,23-24H2,1-3H3/t26-/m0/s1. The van der Waals surface area contributed by atoms with Gasteiger partial charge in [0.2, 0.25) is 5.91 Å². The van der Waals surface area contributed by atoms with Gasteiger partial charge in [-0.25, -0.2) is 4.98 Å². The SMILES string of the molecule is CC(C)c1ccc(-c2ccc(Oc3cc4nc(C5=CCN(C6CCOCC6)CC5)ccc4cc3CN3C[C@@H](C)CC3=O)cc2)nn1. The summed E-state index contributed by atoms with van der Waals surface area (Å²) < 4.78 is 12.1. The fourth-order valence-electron chi connectivity index (χ4n) is 6.85. The van der Waals surface area contributed by atoms with Crippen molar-refractivity contribution in [2.75, 3.05) is 32.8 Å². The van der Waals surface area contributed by atoms with E-state index in [1.165, 1.54) is 5.57 Å². The third-order valence-corrected chi connectivity index (χ3v) is 9.57. The number of ether oxygens (including phenoxy) is 2. The molecule has 1 atom stereocenters. The molecule has 8 heteroatoms. The Bertz CT molecular complexity index is 1730. The molecule has 0 radical (unpaired) electrons. The molecule has 0 saturated carbocycles. The van der Waals surface area contributed by atoms with Crippen LogP contribution in [0.2, 0.25) is 0 Å². The Labute approximate surface area is 271 Å². The van der Waals surface area contributed by atoms with E-state index >= 15 is 0 Å². The average molecular weight is 618 g/mol. The molecule has 8 nitrogen and oxygen atoms in total. The molecule has 46 heavy (non-hydrogen) atoms. The molecule has 2 saturated heterocycles. The fourth-order valence-corrected chi connectivity index (χ4v) is 6.85. The molecule has 238 valence electrons. The summed E-state index contributed by atoms with van der Waals surface area (Å²) in [5.74, 6) is 2.33. The number of rotatable bonds is 8. The van der Waals surface area contributed by atoms with Crippen LogP contribution in [0.3, 0.4) is 0 Å². The number of aromatic nitrogens is 3. The van der Waals surface area contributed by atoms with Crippen LogP contribution in [0.4, 0.5) is 0 Å². The van der Waals surface area contributed by atoms with Crippen molar-refractivity contribution in [1.29, 1.82) is 0 Å². The molecule has 4 aromatic rings. The molecular formula is C38H43N5O3. The van der Waals surface area contributed by atoms with Crippen LogP contribution in [0.1, 0.15) is 69.3 Å². The largest absolute Gasteiger partial charge is 0.457 e. The Balaban J connectivity index is 1.15. The van der Waals surface area contributed by atoms with E-state index in [-0.39, 0.29) is 5.91 Å². The molecule has 3 aliphatic rings. The predicted molar refractivity (Wildman–Crippen MR) is 181 cm³/mol. The number of hydrogen-bond acceptors (Lipinski definition) is 7. The molecule has 2 aromatic heterocycles. The Hall–Kier alpha value is -4.14. The Morgan fingerprint density at radius 2 is 1.78 bits per heavy atom. The maximum Gasteiger partial charge on any atom is 0.223 e. The Morgan fingerprint density at radius 1 is 0.978 bits per heavy atom. The van der Waals surface area contributed by atoms with Gasteiger partial charge in [0.25, 0.3) is 0 Å². The van der Waals surface area contributed by atoms with Gasteiger partial charge in [-0.1, -0.05) is 32.9 Å². The van der Waals surface area contributed by atoms with Gasteiger partial charge in [0, 0.05) is 74.4 Å². The van der Waals surface area contributed by atoms with Crippen LogP contribution in [-0.2, 0) is 16.1 Å². The highest BCUT2D eigenvalue weighted by Gasteiger charge is 2.28. The number of carbonyl (C=O) groups is 1. The summed E-state index contributed by atoms with van der Waals surface area (Å²) in [5.41, 5.74) is 6.98. The third kappa shape index (κ3) is 6.69. The summed E-state index contributed by atoms with van der Waals surface area (Å²) in [4.78, 5) is 22.4. The van der Waals surface area contributed by atoms with Crippen molar-refractivity contribution >= 4 is 22.4 Å². The Morgan fingerprint density at radius 3 is 2.46 bits per heavy atom. The molecule has 5 heterocycles. The van der Waals surface area contributed by atoms with Crippen molar-refractivity contribution in [1.82, 2.24) is 25.0 Å². The van der Waals surface area contributed by atoms with Gasteiger partial charge in [0.1, 0.15) is 11.5 Å². The summed E-state index contributed by atoms with van der Waals surface area (Å²) >= 11 is 0. The number of fused-ring (bicyclic) bond motifs is 1. The molecule has 1 amide bonds. The zero-order chi connectivity index (χ0) is 31.6. The number of pyridine rings is 1. The monoisotopic (exact) mass is 617 g/mol. The van der Waals surface area contributed by atoms with Crippen LogP contribution in [0, 0.1) is 5.92 Å². The number of benzene rings is 2. The quantitative estimate of drug-likeness (QED) is 0.206. The average Bonchev–Trinajstić information content (AvgIpc) is 3.41. The lowest BCUT2D eigenvalue weighted by atomic mass is 9.99. The van der Waals surface area contributed by atoms with Crippen molar-refractivity contribution in [3.05, 3.63) is 83.7 Å². The summed E-state index contributed by atoms with van der Waals surface area (Å²) in [5, 5.41) is 9.85. The van der Waals surface area contributed by atoms with E-state index in [0.29, 0.717) is 30.8 Å². The minimum Gasteiger partial charge on any atom is -0.457 e. The summed E-state index contributed by atoms with van der Waals surface area (Å²) in [6, 6.07) is 21.1. The van der Waals surface area contributed by atoms with Crippen LogP contribution < -0.4 is 4.74 Å². The van der Waals surface area contributed by atoms with Crippen LogP contribution in [0.25, 0.3) is 27.7 Å². The minimum atomic E-state index is 0.194. The molecule has 0 N–H and O–H groups in total. The highest BCUT2D eigenvalue weighted by Crippen LogP contribution is 2.34. The molecule has 2 aromatic carbocycles. The van der Waals surface area contributed by atoms with Crippen LogP contribution in [0.15, 0.2) is 66.7 Å². The van der Waals surface area contributed by atoms with Crippen molar-refractivity contribution in [2.45, 2.75) is 65.0 Å². The molecule has 0 bridgehead atoms. The molecule has 0 aliphatic carbocycles. The fraction of sp³-hybridized carbons (Fsp3) is 0.421. The zero-order valence-electron chi connectivity index (χ0n) is 27.1. The second-order valence-electron chi connectivity index (χ2n) is 13.4. The topological polar surface area (TPSA) is 80.7 Å². The molecule has 0 spiro atoms. The second kappa shape index (κ2) is 13.3. The van der Waals surface area contributed by atoms with Crippen LogP contribution in [-0.4, -0.2) is 69.8 Å². The lowest BCUT2D eigenvalue weighted by Gasteiger charge is -2.36. The maximum atomic E-state index is 12.7. The summed E-state index contributed by atoms with van der Waals surface area (Å²) in [7, 11) is 0. The number of nitrogens with zero attached hydrogens (tertiary/aromatic N) is 5. The number of carbonyl (C=O) groups excluding carboxylic acids is 1. The first-order valence-electron chi connectivity index (χ1n) is 16.7. The van der Waals surface area contributed by atoms with E-state index in [1.807, 2.05) is 47.4 Å². The van der Waals surface area contributed by atoms with Gasteiger partial charge in [-0.05, 0) is 85.2 Å². The first-order chi connectivity index (χ1) is 22.4. The van der Waals surface area contributed by atoms with Gasteiger partial charge in [-0.2, -0.15) is 10.2 Å². The molecule has 0 unspecified atom stereocenters. The van der Waals surface area contributed by atoms with Gasteiger partial charge in [0.15, 0.2) is 0 Å². The van der Waals surface area contributed by atoms with E-state index < -0.39 is 0 Å². The normalized spacial score (nSPS) is 19.7. The van der Waals surface area contributed by atoms with Gasteiger partial charge in [-0.15, -0.1) is 0 Å². The molecular weight excluding hydrogens is 574 g/mol. The van der Waals surface area contributed by atoms with Crippen molar-refractivity contribution in [3.63, 3.8) is 0 Å². The first kappa shape index (κ1) is 30.5. The Kier molecular flexibility index (Phi) is 8.82. The highest BCUT2D eigenvalue weighted by molar-refractivity contribution is 5.84. The smallest absolute Gasteiger partial charge is 0.223 e. The van der Waals surface area contributed by atoms with E-state index in [4.69, 9.17) is 14.5 Å². The summed E-state index contributed by atoms with van der Waals surface area (Å²) in [6.07, 6.45) is 6.17. The number of likely N-dealkylation sites (tertiary alicyclic amines) is 1. The third-order valence-electron chi connectivity index (χ3n) is 9.57. The molecule has 7 rings (SSSR count). The lowest BCUT2D eigenvalue weighted by Crippen LogP contribution is -2.41. The highest BCUT2D eigenvalue weighted by atomic mass is 16.5. The van der Waals surface area contributed by atoms with Gasteiger partial charge < -0.3 is 14.4 Å². The number of amides is 1. The van der Waals surface area contributed by atoms with Gasteiger partial charge >= 0.3 is 0 Å². The van der Waals surface area contributed by atoms with Crippen LogP contribution in [0.5, 0.6) is 11.5 Å². The molecule has 2 fully saturated rings. The predicted octanol–water partition coefficient (Wildman–Crippen LogP) is 7.24. The maximum absolute atomic E-state index is 12.7.